The number of piperazine rings is 1. The van der Waals surface area contributed by atoms with E-state index < -0.39 is 33.7 Å². The van der Waals surface area contributed by atoms with E-state index in [1.54, 1.807) is 24.3 Å². The van der Waals surface area contributed by atoms with E-state index in [2.05, 4.69) is 0 Å². The second kappa shape index (κ2) is 10.3. The zero-order chi connectivity index (χ0) is 27.0. The van der Waals surface area contributed by atoms with Crippen LogP contribution in [0, 0.1) is 5.82 Å². The van der Waals surface area contributed by atoms with Crippen LogP contribution < -0.4 is 4.90 Å². The van der Waals surface area contributed by atoms with Crippen molar-refractivity contribution in [1.82, 2.24) is 4.31 Å². The number of allylic oxidation sites excluding steroid dienone is 4. The molecule has 1 heterocycles. The van der Waals surface area contributed by atoms with Crippen LogP contribution in [0.2, 0.25) is 0 Å². The van der Waals surface area contributed by atoms with Gasteiger partial charge in [-0.15, -0.1) is 0 Å². The lowest BCUT2D eigenvalue weighted by Gasteiger charge is -2.43. The van der Waals surface area contributed by atoms with Crippen molar-refractivity contribution in [2.75, 3.05) is 24.5 Å². The van der Waals surface area contributed by atoms with Gasteiger partial charge in [-0.25, -0.2) is 12.8 Å². The molecule has 0 bridgehead atoms. The second-order valence-corrected chi connectivity index (χ2v) is 11.6. The van der Waals surface area contributed by atoms with Gasteiger partial charge in [0, 0.05) is 42.6 Å². The molecule has 0 saturated carbocycles. The SMILES string of the molecule is C[C@](O)(c1ccc(N2CCN(S(=O)(=O)C3=CC=CCC3=S)C[C@H]2Cc2ccc(F)cc2)cc1)C(F)(F)F. The Hall–Kier alpha value is -2.60. The lowest BCUT2D eigenvalue weighted by atomic mass is 9.94. The van der Waals surface area contributed by atoms with E-state index in [1.807, 2.05) is 4.90 Å². The molecule has 1 aliphatic carbocycles. The lowest BCUT2D eigenvalue weighted by Crippen LogP contribution is -2.56. The Kier molecular flexibility index (Phi) is 7.62. The minimum absolute atomic E-state index is 0.0951. The molecule has 2 aliphatic rings. The molecule has 198 valence electrons. The number of sulfonamides is 1. The number of benzene rings is 2. The molecular formula is C26H26F4N2O3S2. The summed E-state index contributed by atoms with van der Waals surface area (Å²) in [5.74, 6) is -0.397. The minimum Gasteiger partial charge on any atom is -0.376 e. The third-order valence-corrected chi connectivity index (χ3v) is 9.19. The van der Waals surface area contributed by atoms with Crippen LogP contribution in [0.25, 0.3) is 0 Å². The summed E-state index contributed by atoms with van der Waals surface area (Å²) in [4.78, 5) is 2.36. The average Bonchev–Trinajstić information content (AvgIpc) is 2.85. The Morgan fingerprint density at radius 2 is 1.70 bits per heavy atom. The highest BCUT2D eigenvalue weighted by molar-refractivity contribution is 7.96. The first-order chi connectivity index (χ1) is 17.3. The van der Waals surface area contributed by atoms with Gasteiger partial charge in [-0.3, -0.25) is 0 Å². The summed E-state index contributed by atoms with van der Waals surface area (Å²) in [5, 5.41) is 10.00. The normalized spacial score (nSPS) is 21.0. The van der Waals surface area contributed by atoms with E-state index >= 15 is 0 Å². The molecular weight excluding hydrogens is 528 g/mol. The fourth-order valence-corrected chi connectivity index (χ4v) is 6.56. The number of hydrogen-bond donors (Lipinski definition) is 1. The number of alkyl halides is 3. The molecule has 0 amide bonds. The largest absolute Gasteiger partial charge is 0.421 e. The van der Waals surface area contributed by atoms with Crippen LogP contribution in [0.15, 0.2) is 71.7 Å². The number of rotatable bonds is 6. The van der Waals surface area contributed by atoms with Gasteiger partial charge >= 0.3 is 6.18 Å². The number of aliphatic hydroxyl groups is 1. The Balaban J connectivity index is 1.64. The smallest absolute Gasteiger partial charge is 0.376 e. The van der Waals surface area contributed by atoms with Gasteiger partial charge in [0.2, 0.25) is 10.0 Å². The van der Waals surface area contributed by atoms with E-state index in [9.17, 15) is 31.1 Å². The molecule has 2 aromatic carbocycles. The van der Waals surface area contributed by atoms with E-state index in [0.29, 0.717) is 30.3 Å². The van der Waals surface area contributed by atoms with Crippen molar-refractivity contribution in [3.63, 3.8) is 0 Å². The number of thiocarbonyl (C=S) groups is 1. The van der Waals surface area contributed by atoms with Gasteiger partial charge in [-0.2, -0.15) is 17.5 Å². The van der Waals surface area contributed by atoms with Gasteiger partial charge in [0.25, 0.3) is 0 Å². The average molecular weight is 555 g/mol. The number of hydrogen-bond acceptors (Lipinski definition) is 5. The first-order valence-electron chi connectivity index (χ1n) is 11.6. The maximum absolute atomic E-state index is 13.5. The molecule has 4 rings (SSSR count). The second-order valence-electron chi connectivity index (χ2n) is 9.24. The van der Waals surface area contributed by atoms with Crippen LogP contribution in [0.3, 0.4) is 0 Å². The number of anilines is 1. The highest BCUT2D eigenvalue weighted by Crippen LogP contribution is 2.39. The fourth-order valence-electron chi connectivity index (χ4n) is 4.49. The highest BCUT2D eigenvalue weighted by atomic mass is 32.2. The Morgan fingerprint density at radius 1 is 1.05 bits per heavy atom. The Morgan fingerprint density at radius 3 is 2.30 bits per heavy atom. The van der Waals surface area contributed by atoms with Gasteiger partial charge in [0.1, 0.15) is 5.82 Å². The maximum Gasteiger partial charge on any atom is 0.421 e. The van der Waals surface area contributed by atoms with Crippen molar-refractivity contribution in [2.45, 2.75) is 37.6 Å². The molecule has 1 saturated heterocycles. The molecule has 0 spiro atoms. The van der Waals surface area contributed by atoms with Crippen molar-refractivity contribution in [1.29, 1.82) is 0 Å². The molecule has 0 radical (unpaired) electrons. The molecule has 2 aromatic rings. The van der Waals surface area contributed by atoms with Crippen molar-refractivity contribution in [3.05, 3.63) is 88.6 Å². The topological polar surface area (TPSA) is 60.9 Å². The number of halogens is 4. The summed E-state index contributed by atoms with van der Waals surface area (Å²) in [6.45, 7) is 1.22. The zero-order valence-corrected chi connectivity index (χ0v) is 21.6. The summed E-state index contributed by atoms with van der Waals surface area (Å²) >= 11 is 5.29. The summed E-state index contributed by atoms with van der Waals surface area (Å²) < 4.78 is 81.5. The molecule has 1 N–H and O–H groups in total. The van der Waals surface area contributed by atoms with Crippen LogP contribution in [0.5, 0.6) is 0 Å². The molecule has 11 heteroatoms. The Bertz CT molecular complexity index is 1320. The molecule has 1 fully saturated rings. The first-order valence-corrected chi connectivity index (χ1v) is 13.5. The van der Waals surface area contributed by atoms with Gasteiger partial charge in [-0.05, 0) is 54.8 Å². The van der Waals surface area contributed by atoms with E-state index in [1.165, 1.54) is 46.8 Å². The summed E-state index contributed by atoms with van der Waals surface area (Å²) in [7, 11) is -3.86. The van der Waals surface area contributed by atoms with Crippen LogP contribution >= 0.6 is 12.2 Å². The molecule has 0 unspecified atom stereocenters. The summed E-state index contributed by atoms with van der Waals surface area (Å²) in [6.07, 6.45) is 0.838. The monoisotopic (exact) mass is 554 g/mol. The third-order valence-electron chi connectivity index (χ3n) is 6.72. The summed E-state index contributed by atoms with van der Waals surface area (Å²) in [5.41, 5.74) is -1.94. The van der Waals surface area contributed by atoms with Crippen molar-refractivity contribution >= 4 is 32.8 Å². The van der Waals surface area contributed by atoms with Crippen LogP contribution in [0.4, 0.5) is 23.2 Å². The van der Waals surface area contributed by atoms with Gasteiger partial charge in [-0.1, -0.05) is 48.6 Å². The van der Waals surface area contributed by atoms with Gasteiger partial charge < -0.3 is 10.0 Å². The van der Waals surface area contributed by atoms with E-state index in [-0.39, 0.29) is 30.1 Å². The molecule has 1 aliphatic heterocycles. The van der Waals surface area contributed by atoms with Crippen LogP contribution in [-0.2, 0) is 22.0 Å². The molecule has 0 aromatic heterocycles. The lowest BCUT2D eigenvalue weighted by molar-refractivity contribution is -0.258. The van der Waals surface area contributed by atoms with Crippen molar-refractivity contribution in [2.24, 2.45) is 0 Å². The predicted molar refractivity (Wildman–Crippen MR) is 138 cm³/mol. The first kappa shape index (κ1) is 27.4. The van der Waals surface area contributed by atoms with Crippen LogP contribution in [0.1, 0.15) is 24.5 Å². The maximum atomic E-state index is 13.5. The molecule has 5 nitrogen and oxygen atoms in total. The number of nitrogens with zero attached hydrogens (tertiary/aromatic N) is 2. The summed E-state index contributed by atoms with van der Waals surface area (Å²) in [6, 6.07) is 10.9. The quantitative estimate of drug-likeness (QED) is 0.408. The molecule has 2 atom stereocenters. The Labute approximate surface area is 218 Å². The zero-order valence-electron chi connectivity index (χ0n) is 20.0. The van der Waals surface area contributed by atoms with Gasteiger partial charge in [0.05, 0.1) is 4.91 Å². The van der Waals surface area contributed by atoms with Crippen LogP contribution in [-0.4, -0.2) is 54.5 Å². The van der Waals surface area contributed by atoms with E-state index in [0.717, 1.165) is 5.56 Å². The predicted octanol–water partition coefficient (Wildman–Crippen LogP) is 4.87. The van der Waals surface area contributed by atoms with E-state index in [4.69, 9.17) is 12.2 Å². The standard InChI is InChI=1S/C26H26F4N2O3S2/c1-25(33,26(28,29)30)19-8-12-21(13-9-19)32-15-14-31(37(34,35)24-5-3-2-4-23(24)36)17-22(32)16-18-6-10-20(27)11-7-18/h2-3,5-13,22,33H,4,14-17H2,1H3/t22-,25+/m1/s1. The van der Waals surface area contributed by atoms with Crippen molar-refractivity contribution < 1.29 is 31.1 Å². The van der Waals surface area contributed by atoms with Gasteiger partial charge in [0.15, 0.2) is 5.60 Å². The van der Waals surface area contributed by atoms with Crippen molar-refractivity contribution in [3.8, 4) is 0 Å². The highest BCUT2D eigenvalue weighted by Gasteiger charge is 2.51. The minimum atomic E-state index is -4.84. The fraction of sp³-hybridized carbons (Fsp3) is 0.346. The third kappa shape index (κ3) is 5.64. The molecule has 37 heavy (non-hydrogen) atoms.